The van der Waals surface area contributed by atoms with Crippen molar-refractivity contribution >= 4 is 16.3 Å². The number of aryl methyl sites for hydroxylation is 2. The molecule has 0 spiro atoms. The summed E-state index contributed by atoms with van der Waals surface area (Å²) >= 11 is 1.72. The predicted molar refractivity (Wildman–Crippen MR) is 80.5 cm³/mol. The van der Waals surface area contributed by atoms with Crippen molar-refractivity contribution in [1.82, 2.24) is 9.38 Å². The maximum atomic E-state index is 5.67. The molecule has 0 fully saturated rings. The second-order valence-corrected chi connectivity index (χ2v) is 5.83. The van der Waals surface area contributed by atoms with E-state index in [1.54, 1.807) is 11.3 Å². The summed E-state index contributed by atoms with van der Waals surface area (Å²) in [6.45, 7) is 4.80. The lowest BCUT2D eigenvalue weighted by molar-refractivity contribution is 1.02. The number of nitrogens with zero attached hydrogens (tertiary/aromatic N) is 2. The highest BCUT2D eigenvalue weighted by molar-refractivity contribution is 7.17. The number of nitrogens with two attached hydrogens (primary N) is 1. The third-order valence-electron chi connectivity index (χ3n) is 3.39. The minimum Gasteiger partial charge on any atom is -0.325 e. The monoisotopic (exact) mass is 271 g/mol. The van der Waals surface area contributed by atoms with Crippen LogP contribution in [0.3, 0.4) is 0 Å². The van der Waals surface area contributed by atoms with Crippen LogP contribution in [0.25, 0.3) is 16.2 Å². The van der Waals surface area contributed by atoms with Crippen molar-refractivity contribution in [1.29, 1.82) is 0 Å². The highest BCUT2D eigenvalue weighted by Gasteiger charge is 2.13. The van der Waals surface area contributed by atoms with E-state index >= 15 is 0 Å². The lowest BCUT2D eigenvalue weighted by Gasteiger charge is -2.03. The van der Waals surface area contributed by atoms with Crippen LogP contribution >= 0.6 is 11.3 Å². The van der Waals surface area contributed by atoms with E-state index in [0.29, 0.717) is 6.54 Å². The molecule has 0 amide bonds. The van der Waals surface area contributed by atoms with Crippen LogP contribution in [0.15, 0.2) is 30.5 Å². The second kappa shape index (κ2) is 4.79. The molecule has 0 atom stereocenters. The number of benzene rings is 1. The topological polar surface area (TPSA) is 43.3 Å². The molecule has 3 rings (SSSR count). The molecule has 0 bridgehead atoms. The Morgan fingerprint density at radius 3 is 2.63 bits per heavy atom. The van der Waals surface area contributed by atoms with Gasteiger partial charge in [0.05, 0.1) is 11.4 Å². The van der Waals surface area contributed by atoms with Gasteiger partial charge in [0.2, 0.25) is 0 Å². The number of fused-ring (bicyclic) bond motifs is 1. The van der Waals surface area contributed by atoms with Gasteiger partial charge in [-0.25, -0.2) is 4.98 Å². The minimum atomic E-state index is 0.488. The molecule has 0 radical (unpaired) electrons. The molecule has 0 aliphatic rings. The summed E-state index contributed by atoms with van der Waals surface area (Å²) in [5.74, 6) is 0. The van der Waals surface area contributed by atoms with Gasteiger partial charge in [-0.05, 0) is 24.5 Å². The van der Waals surface area contributed by atoms with Gasteiger partial charge in [-0.2, -0.15) is 0 Å². The van der Waals surface area contributed by atoms with Gasteiger partial charge in [0, 0.05) is 17.6 Å². The molecule has 0 saturated heterocycles. The summed E-state index contributed by atoms with van der Waals surface area (Å²) in [5, 5.41) is 0. The summed E-state index contributed by atoms with van der Waals surface area (Å²) in [6, 6.07) is 8.77. The zero-order chi connectivity index (χ0) is 13.4. The minimum absolute atomic E-state index is 0.488. The van der Waals surface area contributed by atoms with Crippen LogP contribution in [0.4, 0.5) is 0 Å². The van der Waals surface area contributed by atoms with E-state index in [1.807, 2.05) is 6.20 Å². The van der Waals surface area contributed by atoms with E-state index < -0.39 is 0 Å². The standard InChI is InChI=1S/C15H17N3S/c1-3-11-4-6-12(7-5-11)14-10(2)19-15-17-13(8-16)9-18(14)15/h4-7,9H,3,8,16H2,1-2H3. The Kier molecular flexibility index (Phi) is 3.12. The van der Waals surface area contributed by atoms with E-state index in [0.717, 1.165) is 17.1 Å². The number of thiazole rings is 1. The maximum absolute atomic E-state index is 5.67. The first kappa shape index (κ1) is 12.4. The fraction of sp³-hybridized carbons (Fsp3) is 0.267. The van der Waals surface area contributed by atoms with Crippen LogP contribution in [0.5, 0.6) is 0 Å². The Morgan fingerprint density at radius 1 is 1.26 bits per heavy atom. The van der Waals surface area contributed by atoms with Crippen LogP contribution in [-0.4, -0.2) is 9.38 Å². The SMILES string of the molecule is CCc1ccc(-c2c(C)sc3nc(CN)cn23)cc1. The van der Waals surface area contributed by atoms with Crippen LogP contribution in [0.2, 0.25) is 0 Å². The normalized spacial score (nSPS) is 11.3. The summed E-state index contributed by atoms with van der Waals surface area (Å²) in [6.07, 6.45) is 3.11. The van der Waals surface area contributed by atoms with Crippen LogP contribution in [0.1, 0.15) is 23.1 Å². The number of hydrogen-bond donors (Lipinski definition) is 1. The molecule has 3 aromatic rings. The summed E-state index contributed by atoms with van der Waals surface area (Å²) in [5.41, 5.74) is 10.4. The van der Waals surface area contributed by atoms with Gasteiger partial charge >= 0.3 is 0 Å². The first-order valence-electron chi connectivity index (χ1n) is 6.49. The fourth-order valence-electron chi connectivity index (χ4n) is 2.34. The number of rotatable bonds is 3. The molecule has 0 aliphatic carbocycles. The molecular weight excluding hydrogens is 254 g/mol. The smallest absolute Gasteiger partial charge is 0.194 e. The zero-order valence-electron chi connectivity index (χ0n) is 11.2. The van der Waals surface area contributed by atoms with Gasteiger partial charge < -0.3 is 5.73 Å². The third-order valence-corrected chi connectivity index (χ3v) is 4.36. The largest absolute Gasteiger partial charge is 0.325 e. The zero-order valence-corrected chi connectivity index (χ0v) is 12.0. The number of aromatic nitrogens is 2. The molecule has 98 valence electrons. The van der Waals surface area contributed by atoms with Crippen molar-refractivity contribution in [2.75, 3.05) is 0 Å². The Morgan fingerprint density at radius 2 is 2.00 bits per heavy atom. The Labute approximate surface area is 116 Å². The van der Waals surface area contributed by atoms with E-state index in [-0.39, 0.29) is 0 Å². The molecule has 3 nitrogen and oxygen atoms in total. The molecule has 4 heteroatoms. The van der Waals surface area contributed by atoms with Gasteiger partial charge in [0.25, 0.3) is 0 Å². The van der Waals surface area contributed by atoms with Crippen molar-refractivity contribution < 1.29 is 0 Å². The van der Waals surface area contributed by atoms with Gasteiger partial charge in [0.15, 0.2) is 4.96 Å². The third kappa shape index (κ3) is 2.07. The quantitative estimate of drug-likeness (QED) is 0.793. The molecule has 1 aromatic carbocycles. The van der Waals surface area contributed by atoms with E-state index in [4.69, 9.17) is 5.73 Å². The second-order valence-electron chi connectivity index (χ2n) is 4.65. The van der Waals surface area contributed by atoms with Gasteiger partial charge in [-0.15, -0.1) is 11.3 Å². The maximum Gasteiger partial charge on any atom is 0.194 e. The van der Waals surface area contributed by atoms with E-state index in [9.17, 15) is 0 Å². The molecule has 0 saturated carbocycles. The van der Waals surface area contributed by atoms with Gasteiger partial charge in [0.1, 0.15) is 0 Å². The summed E-state index contributed by atoms with van der Waals surface area (Å²) < 4.78 is 2.16. The molecule has 2 N–H and O–H groups in total. The lowest BCUT2D eigenvalue weighted by atomic mass is 10.1. The van der Waals surface area contributed by atoms with Crippen molar-refractivity contribution in [3.63, 3.8) is 0 Å². The number of imidazole rings is 1. The average molecular weight is 271 g/mol. The highest BCUT2D eigenvalue weighted by atomic mass is 32.1. The van der Waals surface area contributed by atoms with Crippen molar-refractivity contribution in [3.8, 4) is 11.3 Å². The van der Waals surface area contributed by atoms with Crippen molar-refractivity contribution in [3.05, 3.63) is 46.6 Å². The Hall–Kier alpha value is -1.65. The van der Waals surface area contributed by atoms with Crippen LogP contribution in [-0.2, 0) is 13.0 Å². The summed E-state index contributed by atoms with van der Waals surface area (Å²) in [7, 11) is 0. The fourth-order valence-corrected chi connectivity index (χ4v) is 3.33. The molecule has 0 aliphatic heterocycles. The average Bonchev–Trinajstić information content (AvgIpc) is 2.95. The van der Waals surface area contributed by atoms with E-state index in [1.165, 1.54) is 21.7 Å². The molecule has 2 heterocycles. The highest BCUT2D eigenvalue weighted by Crippen LogP contribution is 2.31. The summed E-state index contributed by atoms with van der Waals surface area (Å²) in [4.78, 5) is 6.84. The van der Waals surface area contributed by atoms with Crippen LogP contribution in [0, 0.1) is 6.92 Å². The number of hydrogen-bond acceptors (Lipinski definition) is 3. The first-order chi connectivity index (χ1) is 9.22. The van der Waals surface area contributed by atoms with Crippen molar-refractivity contribution in [2.45, 2.75) is 26.8 Å². The van der Waals surface area contributed by atoms with Gasteiger partial charge in [-0.1, -0.05) is 31.2 Å². The van der Waals surface area contributed by atoms with Gasteiger partial charge in [-0.3, -0.25) is 4.40 Å². The molecule has 19 heavy (non-hydrogen) atoms. The van der Waals surface area contributed by atoms with E-state index in [2.05, 4.69) is 47.5 Å². The molecular formula is C15H17N3S. The first-order valence-corrected chi connectivity index (χ1v) is 7.31. The Bertz CT molecular complexity index is 707. The van der Waals surface area contributed by atoms with Crippen LogP contribution < -0.4 is 5.73 Å². The molecule has 2 aromatic heterocycles. The van der Waals surface area contributed by atoms with Crippen molar-refractivity contribution in [2.24, 2.45) is 5.73 Å². The predicted octanol–water partition coefficient (Wildman–Crippen LogP) is 3.39. The Balaban J connectivity index is 2.16. The lowest BCUT2D eigenvalue weighted by Crippen LogP contribution is -1.95. The molecule has 0 unspecified atom stereocenters.